The van der Waals surface area contributed by atoms with Crippen LogP contribution in [0.1, 0.15) is 18.9 Å². The lowest BCUT2D eigenvalue weighted by molar-refractivity contribution is -0.883. The van der Waals surface area contributed by atoms with Gasteiger partial charge in [0.15, 0.2) is 5.41 Å². The van der Waals surface area contributed by atoms with Crippen molar-refractivity contribution in [3.63, 3.8) is 0 Å². The fourth-order valence-corrected chi connectivity index (χ4v) is 5.11. The van der Waals surface area contributed by atoms with Crippen LogP contribution < -0.4 is 9.80 Å². The number of nitro benzene ring substituents is 1. The summed E-state index contributed by atoms with van der Waals surface area (Å²) in [5.74, 6) is -1.01. The molecule has 10 heteroatoms. The Morgan fingerprint density at radius 1 is 1.27 bits per heavy atom. The lowest BCUT2D eigenvalue weighted by atomic mass is 9.67. The predicted octanol–water partition coefficient (Wildman–Crippen LogP) is -0.329. The minimum Gasteiger partial charge on any atom is -0.355 e. The van der Waals surface area contributed by atoms with Crippen LogP contribution in [0.4, 0.5) is 16.2 Å². The third kappa shape index (κ3) is 2.70. The van der Waals surface area contributed by atoms with Crippen molar-refractivity contribution >= 4 is 29.2 Å². The molecule has 1 aromatic rings. The van der Waals surface area contributed by atoms with E-state index in [2.05, 4.69) is 0 Å². The second-order valence-electron chi connectivity index (χ2n) is 8.44. The third-order valence-electron chi connectivity index (χ3n) is 6.60. The number of nitrogens with one attached hydrogen (secondary N) is 1. The summed E-state index contributed by atoms with van der Waals surface area (Å²) in [6.45, 7) is 4.10. The molecule has 30 heavy (non-hydrogen) atoms. The summed E-state index contributed by atoms with van der Waals surface area (Å²) >= 11 is 0. The van der Waals surface area contributed by atoms with E-state index in [4.69, 9.17) is 0 Å². The number of hydrogen-bond donors (Lipinski definition) is 1. The van der Waals surface area contributed by atoms with Gasteiger partial charge in [-0.05, 0) is 18.1 Å². The lowest BCUT2D eigenvalue weighted by Crippen LogP contribution is -3.14. The molecular weight excluding hydrogens is 390 g/mol. The van der Waals surface area contributed by atoms with Gasteiger partial charge in [0.05, 0.1) is 31.6 Å². The summed E-state index contributed by atoms with van der Waals surface area (Å²) in [6, 6.07) is 3.60. The van der Waals surface area contributed by atoms with Gasteiger partial charge < -0.3 is 9.80 Å². The zero-order valence-electron chi connectivity index (χ0n) is 17.4. The van der Waals surface area contributed by atoms with E-state index in [1.165, 1.54) is 29.0 Å². The molecule has 3 aliphatic heterocycles. The number of imide groups is 2. The average Bonchev–Trinajstić information content (AvgIpc) is 2.73. The molecular formula is C20H26N5O5+. The van der Waals surface area contributed by atoms with Gasteiger partial charge in [-0.3, -0.25) is 29.5 Å². The topological polar surface area (TPSA) is 109 Å². The van der Waals surface area contributed by atoms with Crippen molar-refractivity contribution < 1.29 is 24.2 Å². The highest BCUT2D eigenvalue weighted by atomic mass is 16.6. The van der Waals surface area contributed by atoms with Crippen molar-refractivity contribution in [1.29, 1.82) is 0 Å². The monoisotopic (exact) mass is 416 g/mol. The number of piperazine rings is 1. The maximum absolute atomic E-state index is 13.7. The molecule has 0 saturated carbocycles. The largest absolute Gasteiger partial charge is 0.355 e. The van der Waals surface area contributed by atoms with Gasteiger partial charge in [-0.25, -0.2) is 4.79 Å². The first-order chi connectivity index (χ1) is 14.2. The van der Waals surface area contributed by atoms with Crippen LogP contribution in [0.15, 0.2) is 18.2 Å². The SMILES string of the molecule is CCCN1C(=O)N(C)C(=O)[C@@]2(Cc3cc([N+](=O)[O-])ccc3N3CC[NH+](C)C[C@@H]32)C1=O. The molecule has 0 bridgehead atoms. The minimum absolute atomic E-state index is 0.0496. The predicted molar refractivity (Wildman–Crippen MR) is 107 cm³/mol. The molecule has 0 radical (unpaired) electrons. The minimum atomic E-state index is -1.47. The summed E-state index contributed by atoms with van der Waals surface area (Å²) in [5.41, 5.74) is -0.124. The van der Waals surface area contributed by atoms with Crippen LogP contribution in [0, 0.1) is 15.5 Å². The van der Waals surface area contributed by atoms with E-state index in [1.807, 2.05) is 18.9 Å². The molecule has 3 aliphatic rings. The third-order valence-corrected chi connectivity index (χ3v) is 6.60. The van der Waals surface area contributed by atoms with Crippen molar-refractivity contribution in [1.82, 2.24) is 9.80 Å². The number of hydrogen-bond acceptors (Lipinski definition) is 6. The standard InChI is InChI=1S/C20H25N5O5/c1-4-7-24-18(27)20(17(26)22(3)19(24)28)11-13-10-14(25(29)30)5-6-15(13)23-9-8-21(2)12-16(20)23/h5-6,10,16H,4,7-9,11-12H2,1-3H3/p+1/t16-,20+/m1/s1. The van der Waals surface area contributed by atoms with Gasteiger partial charge in [0.1, 0.15) is 6.04 Å². The van der Waals surface area contributed by atoms with E-state index in [9.17, 15) is 24.5 Å². The van der Waals surface area contributed by atoms with Crippen molar-refractivity contribution in [3.05, 3.63) is 33.9 Å². The number of amides is 4. The number of rotatable bonds is 3. The number of likely N-dealkylation sites (N-methyl/N-ethyl adjacent to an activating group) is 1. The molecule has 4 amide bonds. The fraction of sp³-hybridized carbons (Fsp3) is 0.550. The van der Waals surface area contributed by atoms with E-state index < -0.39 is 34.2 Å². The van der Waals surface area contributed by atoms with Gasteiger partial charge in [-0.2, -0.15) is 0 Å². The fourth-order valence-electron chi connectivity index (χ4n) is 5.11. The van der Waals surface area contributed by atoms with Crippen molar-refractivity contribution in [2.75, 3.05) is 45.2 Å². The molecule has 1 unspecified atom stereocenters. The van der Waals surface area contributed by atoms with Crippen LogP contribution in [-0.2, 0) is 16.0 Å². The van der Waals surface area contributed by atoms with Crippen LogP contribution in [0.25, 0.3) is 0 Å². The van der Waals surface area contributed by atoms with E-state index in [-0.39, 0.29) is 18.7 Å². The van der Waals surface area contributed by atoms with Gasteiger partial charge in [0, 0.05) is 37.8 Å². The van der Waals surface area contributed by atoms with Gasteiger partial charge in [-0.15, -0.1) is 0 Å². The number of quaternary nitrogens is 1. The van der Waals surface area contributed by atoms with Crippen LogP contribution in [0.5, 0.6) is 0 Å². The molecule has 2 saturated heterocycles. The number of anilines is 1. The van der Waals surface area contributed by atoms with Crippen LogP contribution in [0.2, 0.25) is 0 Å². The number of non-ortho nitro benzene ring substituents is 1. The van der Waals surface area contributed by atoms with Gasteiger partial charge >= 0.3 is 6.03 Å². The second-order valence-corrected chi connectivity index (χ2v) is 8.44. The summed E-state index contributed by atoms with van der Waals surface area (Å²) in [7, 11) is 3.43. The first-order valence-corrected chi connectivity index (χ1v) is 10.2. The number of carbonyl (C=O) groups excluding carboxylic acids is 3. The highest BCUT2D eigenvalue weighted by Crippen LogP contribution is 2.46. The zero-order chi connectivity index (χ0) is 21.8. The van der Waals surface area contributed by atoms with Crippen molar-refractivity contribution in [3.8, 4) is 0 Å². The Kier molecular flexibility index (Phi) is 4.76. The zero-order valence-corrected chi connectivity index (χ0v) is 17.4. The summed E-state index contributed by atoms with van der Waals surface area (Å²) in [4.78, 5) is 56.3. The molecule has 3 heterocycles. The highest BCUT2D eigenvalue weighted by Gasteiger charge is 2.65. The molecule has 0 aliphatic carbocycles. The Morgan fingerprint density at radius 3 is 2.67 bits per heavy atom. The Labute approximate surface area is 174 Å². The number of carbonyl (C=O) groups is 3. The first-order valence-electron chi connectivity index (χ1n) is 10.2. The number of benzene rings is 1. The Bertz CT molecular complexity index is 950. The van der Waals surface area contributed by atoms with E-state index >= 15 is 0 Å². The quantitative estimate of drug-likeness (QED) is 0.411. The smallest absolute Gasteiger partial charge is 0.333 e. The van der Waals surface area contributed by atoms with Crippen molar-refractivity contribution in [2.45, 2.75) is 25.8 Å². The number of nitro groups is 1. The first kappa shape index (κ1) is 20.3. The maximum Gasteiger partial charge on any atom is 0.333 e. The number of barbiturate groups is 1. The molecule has 0 aromatic heterocycles. The van der Waals surface area contributed by atoms with E-state index in [0.29, 0.717) is 25.1 Å². The van der Waals surface area contributed by atoms with Gasteiger partial charge in [0.2, 0.25) is 11.8 Å². The average molecular weight is 416 g/mol. The number of nitrogens with zero attached hydrogens (tertiary/aromatic N) is 4. The maximum atomic E-state index is 13.7. The Morgan fingerprint density at radius 2 is 2.00 bits per heavy atom. The van der Waals surface area contributed by atoms with Gasteiger partial charge in [-0.1, -0.05) is 6.92 Å². The van der Waals surface area contributed by atoms with Crippen LogP contribution in [-0.4, -0.2) is 78.9 Å². The molecule has 1 spiro atoms. The molecule has 1 N–H and O–H groups in total. The number of fused-ring (bicyclic) bond motifs is 4. The Hall–Kier alpha value is -3.01. The van der Waals surface area contributed by atoms with E-state index in [0.717, 1.165) is 17.1 Å². The molecule has 160 valence electrons. The molecule has 4 rings (SSSR count). The second kappa shape index (κ2) is 7.05. The van der Waals surface area contributed by atoms with E-state index in [1.54, 1.807) is 6.07 Å². The van der Waals surface area contributed by atoms with Crippen LogP contribution in [0.3, 0.4) is 0 Å². The van der Waals surface area contributed by atoms with Gasteiger partial charge in [0.25, 0.3) is 5.69 Å². The normalized spacial score (nSPS) is 28.6. The number of urea groups is 1. The van der Waals surface area contributed by atoms with Crippen molar-refractivity contribution in [2.24, 2.45) is 5.41 Å². The molecule has 10 nitrogen and oxygen atoms in total. The molecule has 1 aromatic carbocycles. The van der Waals surface area contributed by atoms with Crippen LogP contribution >= 0.6 is 0 Å². The molecule has 3 atom stereocenters. The highest BCUT2D eigenvalue weighted by molar-refractivity contribution is 6.20. The summed E-state index contributed by atoms with van der Waals surface area (Å²) in [5, 5.41) is 11.3. The molecule has 2 fully saturated rings. The summed E-state index contributed by atoms with van der Waals surface area (Å²) in [6.07, 6.45) is 0.630. The Balaban J connectivity index is 1.91. The summed E-state index contributed by atoms with van der Waals surface area (Å²) < 4.78 is 0. The lowest BCUT2D eigenvalue weighted by Gasteiger charge is -2.54.